The zero-order valence-electron chi connectivity index (χ0n) is 19.3. The molecule has 0 spiro atoms. The van der Waals surface area contributed by atoms with E-state index in [2.05, 4.69) is 17.8 Å². The Morgan fingerprint density at radius 3 is 2.38 bits per heavy atom. The fraction of sp³-hybridized carbons (Fsp3) is 0.360. The summed E-state index contributed by atoms with van der Waals surface area (Å²) in [5.41, 5.74) is 6.45. The van der Waals surface area contributed by atoms with Crippen LogP contribution in [0.2, 0.25) is 0 Å². The first kappa shape index (κ1) is 25.3. The molecule has 0 aromatic heterocycles. The van der Waals surface area contributed by atoms with Crippen LogP contribution in [0.25, 0.3) is 6.08 Å². The van der Waals surface area contributed by atoms with Gasteiger partial charge in [0, 0.05) is 18.2 Å². The lowest BCUT2D eigenvalue weighted by molar-refractivity contribution is -0.117. The first-order valence-corrected chi connectivity index (χ1v) is 13.1. The number of ether oxygens (including phenoxy) is 1. The van der Waals surface area contributed by atoms with Crippen molar-refractivity contribution in [3.63, 3.8) is 0 Å². The van der Waals surface area contributed by atoms with E-state index < -0.39 is 21.8 Å². The van der Waals surface area contributed by atoms with Gasteiger partial charge in [-0.1, -0.05) is 38.3 Å². The molecule has 1 fully saturated rings. The predicted octanol–water partition coefficient (Wildman–Crippen LogP) is 3.66. The molecular weight excluding hydrogens is 454 g/mol. The van der Waals surface area contributed by atoms with Gasteiger partial charge in [-0.2, -0.15) is 0 Å². The Hall–Kier alpha value is -3.33. The van der Waals surface area contributed by atoms with E-state index in [0.717, 1.165) is 18.4 Å². The monoisotopic (exact) mass is 485 g/mol. The summed E-state index contributed by atoms with van der Waals surface area (Å²) in [6.07, 6.45) is 8.00. The van der Waals surface area contributed by atoms with Gasteiger partial charge in [0.2, 0.25) is 10.0 Å². The van der Waals surface area contributed by atoms with Crippen LogP contribution in [0.1, 0.15) is 54.9 Å². The maximum absolute atomic E-state index is 12.2. The van der Waals surface area contributed by atoms with Crippen LogP contribution in [-0.2, 0) is 14.8 Å². The van der Waals surface area contributed by atoms with Crippen molar-refractivity contribution in [1.29, 1.82) is 0 Å². The van der Waals surface area contributed by atoms with Crippen molar-refractivity contribution in [2.75, 3.05) is 23.2 Å². The molecule has 3 rings (SSSR count). The second-order valence-corrected chi connectivity index (χ2v) is 10.1. The van der Waals surface area contributed by atoms with E-state index in [4.69, 9.17) is 4.74 Å². The number of anilines is 1. The van der Waals surface area contributed by atoms with Crippen molar-refractivity contribution >= 4 is 33.6 Å². The number of hydrazine groups is 1. The van der Waals surface area contributed by atoms with Crippen molar-refractivity contribution in [3.8, 4) is 5.75 Å². The number of hydrogen-bond donors (Lipinski definition) is 2. The number of benzene rings is 2. The van der Waals surface area contributed by atoms with Gasteiger partial charge in [0.25, 0.3) is 11.8 Å². The topological polar surface area (TPSA) is 105 Å². The predicted molar refractivity (Wildman–Crippen MR) is 133 cm³/mol. The van der Waals surface area contributed by atoms with Crippen molar-refractivity contribution in [2.45, 2.75) is 39.0 Å². The van der Waals surface area contributed by atoms with Crippen LogP contribution >= 0.6 is 0 Å². The number of nitrogens with zero attached hydrogens (tertiary/aromatic N) is 1. The SMILES string of the molecule is CCCCCCOc1ccc(C(=O)NNC(=O)/C=C/c2ccc(N3CCCS3(=O)=O)cc2)cc1. The van der Waals surface area contributed by atoms with Gasteiger partial charge < -0.3 is 4.74 Å². The first-order valence-electron chi connectivity index (χ1n) is 11.5. The molecule has 0 saturated carbocycles. The van der Waals surface area contributed by atoms with Gasteiger partial charge in [0.05, 0.1) is 18.0 Å². The number of carbonyl (C=O) groups is 2. The number of amides is 2. The molecule has 2 aromatic rings. The molecule has 1 heterocycles. The van der Waals surface area contributed by atoms with E-state index in [1.54, 1.807) is 54.6 Å². The number of hydrogen-bond acceptors (Lipinski definition) is 5. The molecule has 0 unspecified atom stereocenters. The largest absolute Gasteiger partial charge is 0.494 e. The molecule has 1 aliphatic heterocycles. The average molecular weight is 486 g/mol. The summed E-state index contributed by atoms with van der Waals surface area (Å²) >= 11 is 0. The van der Waals surface area contributed by atoms with Gasteiger partial charge >= 0.3 is 0 Å². The molecule has 0 aliphatic carbocycles. The van der Waals surface area contributed by atoms with Crippen molar-refractivity contribution in [1.82, 2.24) is 10.9 Å². The molecule has 8 nitrogen and oxygen atoms in total. The second kappa shape index (κ2) is 12.2. The maximum Gasteiger partial charge on any atom is 0.269 e. The third-order valence-electron chi connectivity index (χ3n) is 5.39. The number of sulfonamides is 1. The Morgan fingerprint density at radius 1 is 1.00 bits per heavy atom. The van der Waals surface area contributed by atoms with Crippen LogP contribution in [0.3, 0.4) is 0 Å². The summed E-state index contributed by atoms with van der Waals surface area (Å²) in [7, 11) is -3.22. The Kier molecular flexibility index (Phi) is 9.09. The van der Waals surface area contributed by atoms with Crippen LogP contribution < -0.4 is 19.9 Å². The quantitative estimate of drug-likeness (QED) is 0.304. The van der Waals surface area contributed by atoms with Gasteiger partial charge in [-0.3, -0.25) is 24.7 Å². The van der Waals surface area contributed by atoms with Crippen LogP contribution in [0, 0.1) is 0 Å². The molecular formula is C25H31N3O5S. The number of nitrogens with one attached hydrogen (secondary N) is 2. The van der Waals surface area contributed by atoms with Gasteiger partial charge in [0.1, 0.15) is 5.75 Å². The van der Waals surface area contributed by atoms with E-state index in [1.807, 2.05) is 0 Å². The summed E-state index contributed by atoms with van der Waals surface area (Å²) in [5.74, 6) is -0.0650. The van der Waals surface area contributed by atoms with Gasteiger partial charge in [-0.25, -0.2) is 8.42 Å². The zero-order valence-corrected chi connectivity index (χ0v) is 20.1. The van der Waals surface area contributed by atoms with Gasteiger partial charge in [-0.05, 0) is 60.9 Å². The van der Waals surface area contributed by atoms with Gasteiger partial charge in [0.15, 0.2) is 0 Å². The minimum absolute atomic E-state index is 0.164. The molecule has 182 valence electrons. The highest BCUT2D eigenvalue weighted by Crippen LogP contribution is 2.24. The van der Waals surface area contributed by atoms with Crippen molar-refractivity contribution in [3.05, 3.63) is 65.7 Å². The fourth-order valence-corrected chi connectivity index (χ4v) is 5.07. The third kappa shape index (κ3) is 7.34. The summed E-state index contributed by atoms with van der Waals surface area (Å²) in [6.45, 7) is 3.29. The van der Waals surface area contributed by atoms with Gasteiger partial charge in [-0.15, -0.1) is 0 Å². The summed E-state index contributed by atoms with van der Waals surface area (Å²) in [4.78, 5) is 24.3. The number of unbranched alkanes of at least 4 members (excludes halogenated alkanes) is 3. The first-order chi connectivity index (χ1) is 16.4. The molecule has 1 saturated heterocycles. The number of carbonyl (C=O) groups excluding carboxylic acids is 2. The standard InChI is InChI=1S/C25H31N3O5S/c1-2-3-4-5-18-33-23-14-10-21(11-15-23)25(30)27-26-24(29)16-9-20-7-12-22(13-8-20)28-17-6-19-34(28,31)32/h7-16H,2-6,17-19H2,1H3,(H,26,29)(H,27,30)/b16-9+. The molecule has 9 heteroatoms. The highest BCUT2D eigenvalue weighted by molar-refractivity contribution is 7.93. The van der Waals surface area contributed by atoms with Crippen LogP contribution in [-0.4, -0.2) is 39.1 Å². The Morgan fingerprint density at radius 2 is 1.74 bits per heavy atom. The lowest BCUT2D eigenvalue weighted by Crippen LogP contribution is -2.40. The average Bonchev–Trinajstić information content (AvgIpc) is 3.20. The number of rotatable bonds is 10. The third-order valence-corrected chi connectivity index (χ3v) is 7.26. The normalized spacial score (nSPS) is 14.8. The van der Waals surface area contributed by atoms with Crippen molar-refractivity contribution < 1.29 is 22.7 Å². The summed E-state index contributed by atoms with van der Waals surface area (Å²) in [5, 5.41) is 0. The molecule has 0 bridgehead atoms. The summed E-state index contributed by atoms with van der Waals surface area (Å²) in [6, 6.07) is 13.6. The fourth-order valence-electron chi connectivity index (χ4n) is 3.51. The Bertz CT molecular complexity index is 1100. The maximum atomic E-state index is 12.2. The molecule has 34 heavy (non-hydrogen) atoms. The lowest BCUT2D eigenvalue weighted by atomic mass is 10.2. The Labute approximate surface area is 201 Å². The molecule has 2 aromatic carbocycles. The van der Waals surface area contributed by atoms with E-state index >= 15 is 0 Å². The van der Waals surface area contributed by atoms with E-state index in [-0.39, 0.29) is 5.75 Å². The van der Waals surface area contributed by atoms with Crippen LogP contribution in [0.4, 0.5) is 5.69 Å². The zero-order chi connectivity index (χ0) is 24.4. The summed E-state index contributed by atoms with van der Waals surface area (Å²) < 4.78 is 31.1. The van der Waals surface area contributed by atoms with E-state index in [1.165, 1.54) is 23.2 Å². The highest BCUT2D eigenvalue weighted by Gasteiger charge is 2.28. The second-order valence-electron chi connectivity index (χ2n) is 8.04. The van der Waals surface area contributed by atoms with E-state index in [0.29, 0.717) is 36.6 Å². The molecule has 1 aliphatic rings. The minimum atomic E-state index is -3.22. The molecule has 0 atom stereocenters. The van der Waals surface area contributed by atoms with Crippen LogP contribution in [0.15, 0.2) is 54.6 Å². The molecule has 0 radical (unpaired) electrons. The Balaban J connectivity index is 1.43. The smallest absolute Gasteiger partial charge is 0.269 e. The molecule has 2 N–H and O–H groups in total. The molecule has 2 amide bonds. The van der Waals surface area contributed by atoms with Crippen LogP contribution in [0.5, 0.6) is 5.75 Å². The lowest BCUT2D eigenvalue weighted by Gasteiger charge is -2.16. The van der Waals surface area contributed by atoms with E-state index in [9.17, 15) is 18.0 Å². The highest BCUT2D eigenvalue weighted by atomic mass is 32.2. The minimum Gasteiger partial charge on any atom is -0.494 e. The van der Waals surface area contributed by atoms with Crippen molar-refractivity contribution in [2.24, 2.45) is 0 Å².